The highest BCUT2D eigenvalue weighted by Gasteiger charge is 2.23. The predicted molar refractivity (Wildman–Crippen MR) is 74.1 cm³/mol. The summed E-state index contributed by atoms with van der Waals surface area (Å²) in [6.45, 7) is 2.52. The Kier molecular flexibility index (Phi) is 5.66. The van der Waals surface area contributed by atoms with Crippen molar-refractivity contribution in [2.75, 3.05) is 26.8 Å². The fraction of sp³-hybridized carbons (Fsp3) is 0.455. The highest BCUT2D eigenvalue weighted by Crippen LogP contribution is 2.17. The lowest BCUT2D eigenvalue weighted by Crippen LogP contribution is -2.33. The van der Waals surface area contributed by atoms with Crippen molar-refractivity contribution in [1.29, 1.82) is 0 Å². The second-order valence-corrected chi connectivity index (χ2v) is 7.51. The number of rotatable bonds is 7. The van der Waals surface area contributed by atoms with Crippen LogP contribution in [0.1, 0.15) is 6.92 Å². The molecular formula is C11H18N2O5S2. The van der Waals surface area contributed by atoms with E-state index < -0.39 is 20.0 Å². The Morgan fingerprint density at radius 2 is 1.60 bits per heavy atom. The van der Waals surface area contributed by atoms with Crippen molar-refractivity contribution in [3.05, 3.63) is 24.3 Å². The summed E-state index contributed by atoms with van der Waals surface area (Å²) in [6, 6.07) is 4.80. The first kappa shape index (κ1) is 17.1. The second-order valence-electron chi connectivity index (χ2n) is 4.01. The van der Waals surface area contributed by atoms with Gasteiger partial charge in [-0.2, -0.15) is 4.31 Å². The van der Waals surface area contributed by atoms with Crippen LogP contribution in [0.2, 0.25) is 0 Å². The van der Waals surface area contributed by atoms with E-state index in [9.17, 15) is 16.8 Å². The number of hydrogen-bond acceptors (Lipinski definition) is 5. The van der Waals surface area contributed by atoms with Crippen molar-refractivity contribution in [3.8, 4) is 0 Å². The van der Waals surface area contributed by atoms with Crippen molar-refractivity contribution in [2.45, 2.75) is 16.7 Å². The molecule has 0 atom stereocenters. The van der Waals surface area contributed by atoms with Crippen LogP contribution in [0, 0.1) is 0 Å². The second kappa shape index (κ2) is 6.64. The van der Waals surface area contributed by atoms with Gasteiger partial charge in [0, 0.05) is 20.2 Å². The molecule has 0 aliphatic heterocycles. The Hall–Kier alpha value is -1.00. The van der Waals surface area contributed by atoms with Crippen molar-refractivity contribution >= 4 is 20.0 Å². The maximum absolute atomic E-state index is 12.3. The summed E-state index contributed by atoms with van der Waals surface area (Å²) in [5.41, 5.74) is 0. The summed E-state index contributed by atoms with van der Waals surface area (Å²) in [5.74, 6) is 0. The molecule has 7 nitrogen and oxygen atoms in total. The summed E-state index contributed by atoms with van der Waals surface area (Å²) >= 11 is 0. The lowest BCUT2D eigenvalue weighted by Gasteiger charge is -2.20. The number of likely N-dealkylation sites (N-methyl/N-ethyl adjacent to an activating group) is 1. The molecule has 0 saturated heterocycles. The highest BCUT2D eigenvalue weighted by atomic mass is 32.2. The molecule has 1 aromatic rings. The molecule has 0 heterocycles. The van der Waals surface area contributed by atoms with E-state index in [1.807, 2.05) is 0 Å². The summed E-state index contributed by atoms with van der Waals surface area (Å²) in [5, 5.41) is 4.96. The maximum Gasteiger partial charge on any atom is 0.243 e. The lowest BCUT2D eigenvalue weighted by atomic mass is 10.4. The Bertz CT molecular complexity index is 638. The molecule has 2 N–H and O–H groups in total. The number of sulfonamides is 2. The van der Waals surface area contributed by atoms with E-state index in [1.54, 1.807) is 6.92 Å². The van der Waals surface area contributed by atoms with Gasteiger partial charge in [0.2, 0.25) is 20.0 Å². The van der Waals surface area contributed by atoms with Gasteiger partial charge in [0.15, 0.2) is 0 Å². The van der Waals surface area contributed by atoms with E-state index in [4.69, 9.17) is 9.88 Å². The van der Waals surface area contributed by atoms with Crippen LogP contribution in [0.15, 0.2) is 34.1 Å². The van der Waals surface area contributed by atoms with E-state index in [0.717, 1.165) is 0 Å². The highest BCUT2D eigenvalue weighted by molar-refractivity contribution is 7.89. The van der Waals surface area contributed by atoms with Crippen molar-refractivity contribution in [3.63, 3.8) is 0 Å². The molecule has 0 bridgehead atoms. The fourth-order valence-corrected chi connectivity index (χ4v) is 3.54. The van der Waals surface area contributed by atoms with Crippen LogP contribution < -0.4 is 5.14 Å². The standard InChI is InChI=1S/C11H18N2O5S2/c1-3-13(8-9-18-2)20(16,17)11-6-4-10(5-7-11)19(12,14)15/h4-7H,3,8-9H2,1-2H3,(H2,12,14,15). The Morgan fingerprint density at radius 1 is 1.10 bits per heavy atom. The van der Waals surface area contributed by atoms with Crippen molar-refractivity contribution in [2.24, 2.45) is 5.14 Å². The van der Waals surface area contributed by atoms with Crippen LogP contribution in [-0.4, -0.2) is 47.9 Å². The third-order valence-electron chi connectivity index (χ3n) is 2.69. The van der Waals surface area contributed by atoms with Gasteiger partial charge in [0.25, 0.3) is 0 Å². The average Bonchev–Trinajstić information content (AvgIpc) is 2.38. The number of benzene rings is 1. The topological polar surface area (TPSA) is 107 Å². The summed E-state index contributed by atoms with van der Waals surface area (Å²) < 4.78 is 53.0. The van der Waals surface area contributed by atoms with Crippen molar-refractivity contribution in [1.82, 2.24) is 4.31 Å². The number of hydrogen-bond donors (Lipinski definition) is 1. The summed E-state index contributed by atoms with van der Waals surface area (Å²) in [7, 11) is -6.01. The Morgan fingerprint density at radius 3 is 2.00 bits per heavy atom. The zero-order chi connectivity index (χ0) is 15.4. The number of methoxy groups -OCH3 is 1. The SMILES string of the molecule is CCN(CCOC)S(=O)(=O)c1ccc(S(N)(=O)=O)cc1. The molecule has 1 aromatic carbocycles. The van der Waals surface area contributed by atoms with Crippen LogP contribution in [0.5, 0.6) is 0 Å². The molecule has 0 saturated carbocycles. The first-order valence-electron chi connectivity index (χ1n) is 5.85. The predicted octanol–water partition coefficient (Wildman–Crippen LogP) is -0.00900. The smallest absolute Gasteiger partial charge is 0.243 e. The van der Waals surface area contributed by atoms with Gasteiger partial charge in [0.1, 0.15) is 0 Å². The van der Waals surface area contributed by atoms with E-state index in [2.05, 4.69) is 0 Å². The molecule has 0 aliphatic carbocycles. The zero-order valence-corrected chi connectivity index (χ0v) is 12.9. The molecule has 0 amide bonds. The molecule has 0 spiro atoms. The monoisotopic (exact) mass is 322 g/mol. The lowest BCUT2D eigenvalue weighted by molar-refractivity contribution is 0.180. The minimum atomic E-state index is -3.83. The fourth-order valence-electron chi connectivity index (χ4n) is 1.59. The number of nitrogens with zero attached hydrogens (tertiary/aromatic N) is 1. The van der Waals surface area contributed by atoms with E-state index in [0.29, 0.717) is 6.54 Å². The van der Waals surface area contributed by atoms with Crippen LogP contribution in [-0.2, 0) is 24.8 Å². The Labute approximate surface area is 119 Å². The minimum Gasteiger partial charge on any atom is -0.383 e. The van der Waals surface area contributed by atoms with Gasteiger partial charge in [-0.15, -0.1) is 0 Å². The molecular weight excluding hydrogens is 304 g/mol. The molecule has 0 fully saturated rings. The zero-order valence-electron chi connectivity index (χ0n) is 11.3. The van der Waals surface area contributed by atoms with E-state index >= 15 is 0 Å². The number of nitrogens with two attached hydrogens (primary N) is 1. The first-order chi connectivity index (χ1) is 9.23. The molecule has 0 aromatic heterocycles. The van der Waals surface area contributed by atoms with Gasteiger partial charge >= 0.3 is 0 Å². The van der Waals surface area contributed by atoms with E-state index in [-0.39, 0.29) is 22.9 Å². The quantitative estimate of drug-likeness (QED) is 0.760. The maximum atomic E-state index is 12.3. The van der Waals surface area contributed by atoms with Crippen LogP contribution in [0.3, 0.4) is 0 Å². The van der Waals surface area contributed by atoms with Crippen LogP contribution >= 0.6 is 0 Å². The Balaban J connectivity index is 3.09. The number of ether oxygens (including phenoxy) is 1. The third-order valence-corrected chi connectivity index (χ3v) is 5.61. The van der Waals surface area contributed by atoms with Crippen LogP contribution in [0.4, 0.5) is 0 Å². The van der Waals surface area contributed by atoms with Gasteiger partial charge < -0.3 is 4.74 Å². The summed E-state index contributed by atoms with van der Waals surface area (Å²) in [4.78, 5) is -0.112. The molecule has 1 rings (SSSR count). The molecule has 20 heavy (non-hydrogen) atoms. The first-order valence-corrected chi connectivity index (χ1v) is 8.84. The van der Waals surface area contributed by atoms with Crippen molar-refractivity contribution < 1.29 is 21.6 Å². The number of primary sulfonamides is 1. The largest absolute Gasteiger partial charge is 0.383 e. The van der Waals surface area contributed by atoms with Gasteiger partial charge in [-0.25, -0.2) is 22.0 Å². The van der Waals surface area contributed by atoms with Gasteiger partial charge in [-0.3, -0.25) is 0 Å². The molecule has 0 aliphatic rings. The normalized spacial score (nSPS) is 12.8. The molecule has 9 heteroatoms. The minimum absolute atomic E-state index is 0.0165. The third kappa shape index (κ3) is 4.00. The summed E-state index contributed by atoms with van der Waals surface area (Å²) in [6.07, 6.45) is 0. The average molecular weight is 322 g/mol. The molecule has 0 radical (unpaired) electrons. The van der Waals surface area contributed by atoms with E-state index in [1.165, 1.54) is 35.7 Å². The molecule has 0 unspecified atom stereocenters. The molecule has 114 valence electrons. The van der Waals surface area contributed by atoms with Crippen LogP contribution in [0.25, 0.3) is 0 Å². The van der Waals surface area contributed by atoms with Gasteiger partial charge in [-0.1, -0.05) is 6.92 Å². The van der Waals surface area contributed by atoms with Gasteiger partial charge in [-0.05, 0) is 24.3 Å². The van der Waals surface area contributed by atoms with Gasteiger partial charge in [0.05, 0.1) is 16.4 Å².